The second-order valence-electron chi connectivity index (χ2n) is 12.2. The molecule has 4 rings (SSSR count). The first-order chi connectivity index (χ1) is 16.5. The molecule has 3 aliphatic rings. The van der Waals surface area contributed by atoms with E-state index in [1.54, 1.807) is 6.92 Å². The Morgan fingerprint density at radius 2 is 1.69 bits per heavy atom. The minimum atomic E-state index is -2.58. The van der Waals surface area contributed by atoms with Crippen LogP contribution in [-0.2, 0) is 22.4 Å². The number of ketones is 3. The molecule has 1 aromatic rings. The number of Topliss-reactive ketones (excluding diaryl/α,β-unsaturated/α-hetero) is 3. The highest BCUT2D eigenvalue weighted by Crippen LogP contribution is 2.65. The maximum Gasteiger partial charge on any atom is 0.209 e. The zero-order valence-electron chi connectivity index (χ0n) is 22.0. The van der Waals surface area contributed by atoms with Crippen molar-refractivity contribution in [2.24, 2.45) is 28.6 Å². The minimum absolute atomic E-state index is 0.0771. The van der Waals surface area contributed by atoms with Gasteiger partial charge in [0, 0.05) is 22.3 Å². The largest absolute Gasteiger partial charge is 0.511 e. The summed E-state index contributed by atoms with van der Waals surface area (Å²) < 4.78 is 0. The molecule has 0 heterocycles. The van der Waals surface area contributed by atoms with Crippen LogP contribution in [0.25, 0.3) is 0 Å². The predicted octanol–water partition coefficient (Wildman–Crippen LogP) is 4.55. The number of hydrogen-bond acceptors (Lipinski definition) is 7. The van der Waals surface area contributed by atoms with E-state index in [2.05, 4.69) is 13.8 Å². The highest BCUT2D eigenvalue weighted by molar-refractivity contribution is 6.25. The summed E-state index contributed by atoms with van der Waals surface area (Å²) in [4.78, 5) is 40.0. The lowest BCUT2D eigenvalue weighted by atomic mass is 9.44. The molecule has 1 aromatic carbocycles. The molecule has 0 aromatic heterocycles. The first-order valence-electron chi connectivity index (χ1n) is 12.6. The van der Waals surface area contributed by atoms with Crippen molar-refractivity contribution < 1.29 is 34.8 Å². The fourth-order valence-corrected chi connectivity index (χ4v) is 7.42. The van der Waals surface area contributed by atoms with Gasteiger partial charge in [-0.25, -0.2) is 0 Å². The Morgan fingerprint density at radius 1 is 1.08 bits per heavy atom. The molecular formula is C29H36O7. The van der Waals surface area contributed by atoms with Crippen LogP contribution in [0, 0.1) is 28.6 Å². The summed E-state index contributed by atoms with van der Waals surface area (Å²) in [5.41, 5.74) is -3.93. The molecule has 36 heavy (non-hydrogen) atoms. The molecule has 0 radical (unpaired) electrons. The topological polar surface area (TPSA) is 132 Å². The summed E-state index contributed by atoms with van der Waals surface area (Å²) in [6.07, 6.45) is 1.09. The average molecular weight is 497 g/mol. The molecule has 0 spiro atoms. The molecule has 0 aliphatic heterocycles. The van der Waals surface area contributed by atoms with Crippen molar-refractivity contribution in [3.05, 3.63) is 51.5 Å². The predicted molar refractivity (Wildman–Crippen MR) is 134 cm³/mol. The van der Waals surface area contributed by atoms with Gasteiger partial charge in [0.15, 0.2) is 17.2 Å². The monoisotopic (exact) mass is 496 g/mol. The quantitative estimate of drug-likeness (QED) is 0.450. The third kappa shape index (κ3) is 3.17. The molecular weight excluding hydrogens is 460 g/mol. The summed E-state index contributed by atoms with van der Waals surface area (Å²) in [6, 6.07) is 3.28. The van der Waals surface area contributed by atoms with Gasteiger partial charge in [0.25, 0.3) is 0 Å². The average Bonchev–Trinajstić information content (AvgIpc) is 2.72. The molecule has 7 heteroatoms. The van der Waals surface area contributed by atoms with E-state index in [0.717, 1.165) is 12.5 Å². The second-order valence-corrected chi connectivity index (χ2v) is 12.2. The highest BCUT2D eigenvalue weighted by atomic mass is 16.3. The summed E-state index contributed by atoms with van der Waals surface area (Å²) in [5, 5.41) is 45.5. The number of aliphatic hydroxyl groups is 3. The van der Waals surface area contributed by atoms with E-state index in [0.29, 0.717) is 24.3 Å². The van der Waals surface area contributed by atoms with Crippen molar-refractivity contribution in [2.45, 2.75) is 73.3 Å². The van der Waals surface area contributed by atoms with Gasteiger partial charge in [0.1, 0.15) is 22.8 Å². The molecule has 4 atom stereocenters. The summed E-state index contributed by atoms with van der Waals surface area (Å²) in [7, 11) is 0. The maximum atomic E-state index is 13.9. The van der Waals surface area contributed by atoms with Crippen LogP contribution in [-0.4, -0.2) is 43.4 Å². The minimum Gasteiger partial charge on any atom is -0.511 e. The number of phenols is 1. The van der Waals surface area contributed by atoms with E-state index in [-0.39, 0.29) is 35.0 Å². The van der Waals surface area contributed by atoms with Crippen molar-refractivity contribution in [2.75, 3.05) is 0 Å². The fraction of sp³-hybridized carbons (Fsp3) is 0.552. The van der Waals surface area contributed by atoms with Crippen molar-refractivity contribution in [3.8, 4) is 5.75 Å². The number of rotatable bonds is 4. The molecule has 4 N–H and O–H groups in total. The molecule has 0 amide bonds. The number of fused-ring (bicyclic) bond motifs is 3. The number of aliphatic hydroxyl groups excluding tert-OH is 2. The van der Waals surface area contributed by atoms with Crippen LogP contribution in [0.15, 0.2) is 34.8 Å². The molecule has 1 unspecified atom stereocenters. The van der Waals surface area contributed by atoms with Crippen molar-refractivity contribution in [3.63, 3.8) is 0 Å². The molecule has 3 aliphatic carbocycles. The van der Waals surface area contributed by atoms with Crippen LogP contribution >= 0.6 is 0 Å². The molecule has 0 saturated heterocycles. The van der Waals surface area contributed by atoms with E-state index in [9.17, 15) is 34.8 Å². The van der Waals surface area contributed by atoms with Crippen LogP contribution in [0.4, 0.5) is 0 Å². The van der Waals surface area contributed by atoms with Gasteiger partial charge in [-0.2, -0.15) is 0 Å². The Morgan fingerprint density at radius 3 is 2.22 bits per heavy atom. The maximum absolute atomic E-state index is 13.9. The number of carbonyl (C=O) groups is 3. The van der Waals surface area contributed by atoms with Gasteiger partial charge in [0.05, 0.1) is 5.56 Å². The number of aromatic hydroxyl groups is 1. The van der Waals surface area contributed by atoms with Crippen LogP contribution < -0.4 is 0 Å². The third-order valence-corrected chi connectivity index (χ3v) is 8.62. The summed E-state index contributed by atoms with van der Waals surface area (Å²) in [6.45, 7) is 12.3. The highest BCUT2D eigenvalue weighted by Gasteiger charge is 2.71. The zero-order chi connectivity index (χ0) is 27.1. The number of benzene rings is 1. The van der Waals surface area contributed by atoms with Gasteiger partial charge in [-0.15, -0.1) is 0 Å². The molecule has 0 bridgehead atoms. The number of allylic oxidation sites excluding steroid dienone is 2. The van der Waals surface area contributed by atoms with E-state index in [4.69, 9.17) is 0 Å². The van der Waals surface area contributed by atoms with Crippen LogP contribution in [0.1, 0.15) is 76.4 Å². The van der Waals surface area contributed by atoms with Crippen molar-refractivity contribution >= 4 is 17.3 Å². The zero-order valence-corrected chi connectivity index (χ0v) is 22.0. The standard InChI is InChI=1S/C29H36O7/c1-13(2)10-16-8-9-18(31)20-17(16)11-27(6)12-28(7)21(14(3)4)23(32)19(15(5)30)25(34)29(28,36)26(35)22(27)24(20)33/h8-9,13-14,21,31-32,35-36H,10-12H2,1-7H3/t21?,27-,28-,29+/m1/s1. The van der Waals surface area contributed by atoms with Gasteiger partial charge in [-0.05, 0) is 55.2 Å². The molecule has 0 saturated carbocycles. The molecule has 194 valence electrons. The fourth-order valence-electron chi connectivity index (χ4n) is 7.42. The SMILES string of the molecule is CC(=O)C1=C(O)C(C(C)C)[C@@]2(C)C[C@@]3(C)Cc4c(CC(C)C)ccc(O)c4C(=O)C3=C(O)[C@@]2(O)C1=O. The van der Waals surface area contributed by atoms with Gasteiger partial charge in [0.2, 0.25) is 5.78 Å². The van der Waals surface area contributed by atoms with Crippen LogP contribution in [0.3, 0.4) is 0 Å². The number of hydrogen-bond donors (Lipinski definition) is 4. The number of carbonyl (C=O) groups excluding carboxylic acids is 3. The van der Waals surface area contributed by atoms with Crippen LogP contribution in [0.5, 0.6) is 5.75 Å². The molecule has 7 nitrogen and oxygen atoms in total. The summed E-state index contributed by atoms with van der Waals surface area (Å²) in [5.74, 6) is -4.66. The van der Waals surface area contributed by atoms with E-state index >= 15 is 0 Å². The summed E-state index contributed by atoms with van der Waals surface area (Å²) >= 11 is 0. The first kappa shape index (κ1) is 26.1. The van der Waals surface area contributed by atoms with Gasteiger partial charge >= 0.3 is 0 Å². The lowest BCUT2D eigenvalue weighted by molar-refractivity contribution is -0.171. The Balaban J connectivity index is 2.06. The van der Waals surface area contributed by atoms with Gasteiger partial charge in [-0.3, -0.25) is 14.4 Å². The van der Waals surface area contributed by atoms with Crippen molar-refractivity contribution in [1.29, 1.82) is 0 Å². The Hall–Kier alpha value is -2.93. The van der Waals surface area contributed by atoms with Gasteiger partial charge < -0.3 is 20.4 Å². The van der Waals surface area contributed by atoms with Gasteiger partial charge in [-0.1, -0.05) is 47.6 Å². The van der Waals surface area contributed by atoms with Crippen molar-refractivity contribution in [1.82, 2.24) is 0 Å². The Bertz CT molecular complexity index is 1270. The Labute approximate surface area is 211 Å². The third-order valence-electron chi connectivity index (χ3n) is 8.62. The Kier molecular flexibility index (Phi) is 5.84. The van der Waals surface area contributed by atoms with E-state index in [1.165, 1.54) is 6.07 Å². The first-order valence-corrected chi connectivity index (χ1v) is 12.6. The number of phenolic OH excluding ortho intramolecular Hbond substituents is 1. The normalized spacial score (nSPS) is 32.1. The second kappa shape index (κ2) is 8.04. The lowest BCUT2D eigenvalue weighted by Gasteiger charge is -2.59. The lowest BCUT2D eigenvalue weighted by Crippen LogP contribution is -2.67. The van der Waals surface area contributed by atoms with E-state index in [1.807, 2.05) is 26.8 Å². The molecule has 0 fully saturated rings. The smallest absolute Gasteiger partial charge is 0.209 e. The van der Waals surface area contributed by atoms with E-state index < -0.39 is 51.0 Å². The van der Waals surface area contributed by atoms with Crippen LogP contribution in [0.2, 0.25) is 0 Å².